The third-order valence-electron chi connectivity index (χ3n) is 3.00. The molecule has 1 N–H and O–H groups in total. The van der Waals surface area contributed by atoms with Crippen molar-refractivity contribution in [1.29, 1.82) is 0 Å². The minimum atomic E-state index is -0.609. The van der Waals surface area contributed by atoms with Gasteiger partial charge in [-0.1, -0.05) is 29.8 Å². The Morgan fingerprint density at radius 3 is 2.65 bits per heavy atom. The lowest BCUT2D eigenvalue weighted by atomic mass is 10.1. The van der Waals surface area contributed by atoms with Gasteiger partial charge in [0.25, 0.3) is 0 Å². The summed E-state index contributed by atoms with van der Waals surface area (Å²) in [6.07, 6.45) is -0.609. The van der Waals surface area contributed by atoms with E-state index in [9.17, 15) is 9.50 Å². The Morgan fingerprint density at radius 1 is 1.25 bits per heavy atom. The monoisotopic (exact) mass is 294 g/mol. The van der Waals surface area contributed by atoms with Crippen LogP contribution in [0.4, 0.5) is 4.39 Å². The maximum absolute atomic E-state index is 13.1. The Kier molecular flexibility index (Phi) is 4.63. The molecule has 0 saturated heterocycles. The van der Waals surface area contributed by atoms with Gasteiger partial charge in [0, 0.05) is 5.56 Å². The summed E-state index contributed by atoms with van der Waals surface area (Å²) in [4.78, 5) is 0. The zero-order valence-corrected chi connectivity index (χ0v) is 12.1. The van der Waals surface area contributed by atoms with Crippen molar-refractivity contribution in [2.75, 3.05) is 0 Å². The summed E-state index contributed by atoms with van der Waals surface area (Å²) in [6, 6.07) is 10.1. The summed E-state index contributed by atoms with van der Waals surface area (Å²) in [5.41, 5.74) is 2.54. The average molecular weight is 295 g/mol. The number of aliphatic hydroxyl groups is 1. The van der Waals surface area contributed by atoms with Crippen molar-refractivity contribution >= 4 is 11.6 Å². The molecule has 0 spiro atoms. The SMILES string of the molecule is Cc1ccc([C@H](C)O)c(OCc2ccc(F)c(Cl)c2)c1. The van der Waals surface area contributed by atoms with Crippen molar-refractivity contribution in [3.63, 3.8) is 0 Å². The van der Waals surface area contributed by atoms with Crippen molar-refractivity contribution in [1.82, 2.24) is 0 Å². The van der Waals surface area contributed by atoms with E-state index in [1.165, 1.54) is 12.1 Å². The fourth-order valence-corrected chi connectivity index (χ4v) is 2.11. The van der Waals surface area contributed by atoms with E-state index in [1.54, 1.807) is 13.0 Å². The number of hydrogen-bond acceptors (Lipinski definition) is 2. The van der Waals surface area contributed by atoms with Crippen LogP contribution in [0.5, 0.6) is 5.75 Å². The van der Waals surface area contributed by atoms with Crippen molar-refractivity contribution in [3.05, 3.63) is 63.9 Å². The van der Waals surface area contributed by atoms with Gasteiger partial charge in [-0.3, -0.25) is 0 Å². The molecule has 0 aliphatic rings. The van der Waals surface area contributed by atoms with Crippen LogP contribution < -0.4 is 4.74 Å². The third kappa shape index (κ3) is 3.50. The van der Waals surface area contributed by atoms with Gasteiger partial charge in [-0.25, -0.2) is 4.39 Å². The first-order chi connectivity index (χ1) is 9.47. The summed E-state index contributed by atoms with van der Waals surface area (Å²) in [6.45, 7) is 3.91. The maximum atomic E-state index is 13.1. The fraction of sp³-hybridized carbons (Fsp3) is 0.250. The van der Waals surface area contributed by atoms with Gasteiger partial charge in [0.1, 0.15) is 18.2 Å². The molecule has 0 unspecified atom stereocenters. The van der Waals surface area contributed by atoms with Crippen molar-refractivity contribution in [2.45, 2.75) is 26.6 Å². The molecular formula is C16H16ClFO2. The first-order valence-electron chi connectivity index (χ1n) is 6.32. The van der Waals surface area contributed by atoms with Gasteiger partial charge in [-0.05, 0) is 43.2 Å². The van der Waals surface area contributed by atoms with Crippen LogP contribution in [-0.4, -0.2) is 5.11 Å². The molecule has 0 aliphatic heterocycles. The van der Waals surface area contributed by atoms with Gasteiger partial charge in [0.2, 0.25) is 0 Å². The Labute approximate surface area is 122 Å². The second-order valence-electron chi connectivity index (χ2n) is 4.75. The van der Waals surface area contributed by atoms with Crippen LogP contribution in [0.25, 0.3) is 0 Å². The second-order valence-corrected chi connectivity index (χ2v) is 5.16. The molecule has 2 aromatic rings. The lowest BCUT2D eigenvalue weighted by molar-refractivity contribution is 0.190. The van der Waals surface area contributed by atoms with E-state index in [1.807, 2.05) is 25.1 Å². The second kappa shape index (κ2) is 6.25. The van der Waals surface area contributed by atoms with Crippen LogP contribution in [-0.2, 0) is 6.61 Å². The molecule has 2 aromatic carbocycles. The van der Waals surface area contributed by atoms with E-state index in [-0.39, 0.29) is 11.6 Å². The molecule has 0 fully saturated rings. The van der Waals surface area contributed by atoms with Gasteiger partial charge >= 0.3 is 0 Å². The molecular weight excluding hydrogens is 279 g/mol. The summed E-state index contributed by atoms with van der Waals surface area (Å²) in [7, 11) is 0. The minimum absolute atomic E-state index is 0.0751. The van der Waals surface area contributed by atoms with Crippen LogP contribution in [0.3, 0.4) is 0 Å². The standard InChI is InChI=1S/C16H16ClFO2/c1-10-3-5-13(11(2)19)16(7-10)20-9-12-4-6-15(18)14(17)8-12/h3-8,11,19H,9H2,1-2H3/t11-/m0/s1. The first kappa shape index (κ1) is 14.8. The van der Waals surface area contributed by atoms with E-state index in [4.69, 9.17) is 16.3 Å². The molecule has 2 rings (SSSR count). The summed E-state index contributed by atoms with van der Waals surface area (Å²) >= 11 is 5.73. The van der Waals surface area contributed by atoms with Gasteiger partial charge in [-0.2, -0.15) is 0 Å². The Hall–Kier alpha value is -1.58. The molecule has 1 atom stereocenters. The molecule has 20 heavy (non-hydrogen) atoms. The number of ether oxygens (including phenoxy) is 1. The summed E-state index contributed by atoms with van der Waals surface area (Å²) in [5.74, 6) is 0.177. The fourth-order valence-electron chi connectivity index (χ4n) is 1.90. The van der Waals surface area contributed by atoms with Crippen LogP contribution in [0.15, 0.2) is 36.4 Å². The number of halogens is 2. The van der Waals surface area contributed by atoms with Crippen molar-refractivity contribution < 1.29 is 14.2 Å². The van der Waals surface area contributed by atoms with E-state index >= 15 is 0 Å². The largest absolute Gasteiger partial charge is 0.489 e. The lowest BCUT2D eigenvalue weighted by Gasteiger charge is -2.14. The molecule has 0 aromatic heterocycles. The number of benzene rings is 2. The Balaban J connectivity index is 2.17. The highest BCUT2D eigenvalue weighted by Crippen LogP contribution is 2.27. The van der Waals surface area contributed by atoms with Gasteiger partial charge < -0.3 is 9.84 Å². The van der Waals surface area contributed by atoms with E-state index in [0.717, 1.165) is 16.7 Å². The average Bonchev–Trinajstić information content (AvgIpc) is 2.40. The topological polar surface area (TPSA) is 29.5 Å². The highest BCUT2D eigenvalue weighted by Gasteiger charge is 2.10. The molecule has 0 saturated carbocycles. The normalized spacial score (nSPS) is 12.2. The zero-order chi connectivity index (χ0) is 14.7. The minimum Gasteiger partial charge on any atom is -0.489 e. The van der Waals surface area contributed by atoms with Crippen molar-refractivity contribution in [3.8, 4) is 5.75 Å². The van der Waals surface area contributed by atoms with Crippen LogP contribution >= 0.6 is 11.6 Å². The van der Waals surface area contributed by atoms with Crippen LogP contribution in [0.1, 0.15) is 29.7 Å². The number of hydrogen-bond donors (Lipinski definition) is 1. The summed E-state index contributed by atoms with van der Waals surface area (Å²) in [5, 5.41) is 9.80. The highest BCUT2D eigenvalue weighted by atomic mass is 35.5. The van der Waals surface area contributed by atoms with E-state index in [2.05, 4.69) is 0 Å². The number of aliphatic hydroxyl groups excluding tert-OH is 1. The Morgan fingerprint density at radius 2 is 2.00 bits per heavy atom. The molecule has 0 radical (unpaired) electrons. The molecule has 0 bridgehead atoms. The summed E-state index contributed by atoms with van der Waals surface area (Å²) < 4.78 is 18.8. The maximum Gasteiger partial charge on any atom is 0.141 e. The predicted octanol–water partition coefficient (Wildman–Crippen LogP) is 4.42. The molecule has 4 heteroatoms. The van der Waals surface area contributed by atoms with Gasteiger partial charge in [0.15, 0.2) is 0 Å². The number of aryl methyl sites for hydroxylation is 1. The molecule has 0 amide bonds. The van der Waals surface area contributed by atoms with E-state index < -0.39 is 11.9 Å². The zero-order valence-electron chi connectivity index (χ0n) is 11.4. The first-order valence-corrected chi connectivity index (χ1v) is 6.70. The molecule has 106 valence electrons. The van der Waals surface area contributed by atoms with Gasteiger partial charge in [0.05, 0.1) is 11.1 Å². The van der Waals surface area contributed by atoms with Gasteiger partial charge in [-0.15, -0.1) is 0 Å². The molecule has 2 nitrogen and oxygen atoms in total. The predicted molar refractivity (Wildman–Crippen MR) is 77.6 cm³/mol. The van der Waals surface area contributed by atoms with Crippen LogP contribution in [0.2, 0.25) is 5.02 Å². The Bertz CT molecular complexity index is 611. The number of rotatable bonds is 4. The van der Waals surface area contributed by atoms with Crippen LogP contribution in [0, 0.1) is 12.7 Å². The molecule has 0 aliphatic carbocycles. The van der Waals surface area contributed by atoms with Crippen molar-refractivity contribution in [2.24, 2.45) is 0 Å². The quantitative estimate of drug-likeness (QED) is 0.904. The lowest BCUT2D eigenvalue weighted by Crippen LogP contribution is -2.01. The third-order valence-corrected chi connectivity index (χ3v) is 3.29. The molecule has 0 heterocycles. The smallest absolute Gasteiger partial charge is 0.141 e. The van der Waals surface area contributed by atoms with E-state index in [0.29, 0.717) is 5.75 Å². The highest BCUT2D eigenvalue weighted by molar-refractivity contribution is 6.30.